The molecule has 12 heteroatoms. The third-order valence-electron chi connectivity index (χ3n) is 19.6. The highest BCUT2D eigenvalue weighted by molar-refractivity contribution is 5.71. The van der Waals surface area contributed by atoms with E-state index in [0.717, 1.165) is 118 Å². The van der Waals surface area contributed by atoms with E-state index in [4.69, 9.17) is 28.4 Å². The third-order valence-corrected chi connectivity index (χ3v) is 19.6. The second kappa shape index (κ2) is 14.2. The predicted molar refractivity (Wildman–Crippen MR) is 241 cm³/mol. The Bertz CT molecular complexity index is 2460. The van der Waals surface area contributed by atoms with Gasteiger partial charge in [0.05, 0.1) is 41.3 Å². The van der Waals surface area contributed by atoms with Crippen LogP contribution in [-0.2, 0) is 33.1 Å². The molecule has 0 amide bonds. The van der Waals surface area contributed by atoms with Crippen LogP contribution in [-0.4, -0.2) is 107 Å². The van der Waals surface area contributed by atoms with E-state index in [0.29, 0.717) is 54.2 Å². The third kappa shape index (κ3) is 5.70. The average molecular weight is 901 g/mol. The summed E-state index contributed by atoms with van der Waals surface area (Å²) in [4.78, 5) is 31.8. The summed E-state index contributed by atoms with van der Waals surface area (Å²) in [7, 11) is 0. The van der Waals surface area contributed by atoms with Crippen molar-refractivity contribution in [2.24, 2.45) is 29.6 Å². The van der Waals surface area contributed by atoms with E-state index in [9.17, 15) is 19.8 Å². The molecule has 66 heavy (non-hydrogen) atoms. The molecule has 0 aromatic heterocycles. The molecule has 11 atom stereocenters. The van der Waals surface area contributed by atoms with Crippen LogP contribution in [0.15, 0.2) is 48.6 Å². The lowest BCUT2D eigenvalue weighted by Crippen LogP contribution is -2.75. The number of rotatable bonds is 10. The van der Waals surface area contributed by atoms with Crippen LogP contribution in [0.4, 0.5) is 9.59 Å². The zero-order valence-electron chi connectivity index (χ0n) is 38.1. The first-order chi connectivity index (χ1) is 32.0. The molecule has 350 valence electrons. The fourth-order valence-electron chi connectivity index (χ4n) is 16.2. The van der Waals surface area contributed by atoms with Crippen LogP contribution in [0.2, 0.25) is 0 Å². The molecule has 4 aliphatic heterocycles. The van der Waals surface area contributed by atoms with Crippen molar-refractivity contribution >= 4 is 12.3 Å². The van der Waals surface area contributed by atoms with Crippen molar-refractivity contribution in [3.63, 3.8) is 0 Å². The van der Waals surface area contributed by atoms with Gasteiger partial charge in [-0.25, -0.2) is 9.59 Å². The summed E-state index contributed by atoms with van der Waals surface area (Å²) >= 11 is 0. The Balaban J connectivity index is 0.598. The highest BCUT2D eigenvalue weighted by atomic mass is 16.7. The van der Waals surface area contributed by atoms with E-state index in [2.05, 4.69) is 35.1 Å². The summed E-state index contributed by atoms with van der Waals surface area (Å²) in [6.45, 7) is 12.4. The number of ether oxygens (including phenoxy) is 6. The summed E-state index contributed by atoms with van der Waals surface area (Å²) in [5.41, 5.74) is 3.39. The number of nitrogens with zero attached hydrogens (tertiary/aromatic N) is 2. The lowest BCUT2D eigenvalue weighted by Gasteiger charge is -2.63. The van der Waals surface area contributed by atoms with E-state index < -0.39 is 34.3 Å². The largest absolute Gasteiger partial charge is 0.513 e. The zero-order chi connectivity index (χ0) is 44.5. The van der Waals surface area contributed by atoms with Gasteiger partial charge in [0, 0.05) is 36.3 Å². The Morgan fingerprint density at radius 1 is 0.682 bits per heavy atom. The number of carbonyl (C=O) groups excluding carboxylic acids is 2. The molecule has 4 bridgehead atoms. The maximum atomic E-state index is 13.4. The van der Waals surface area contributed by atoms with Gasteiger partial charge in [-0.2, -0.15) is 0 Å². The van der Waals surface area contributed by atoms with Crippen molar-refractivity contribution in [2.45, 2.75) is 162 Å². The van der Waals surface area contributed by atoms with Crippen molar-refractivity contribution in [3.05, 3.63) is 70.8 Å². The Morgan fingerprint density at radius 3 is 1.85 bits per heavy atom. The van der Waals surface area contributed by atoms with Gasteiger partial charge < -0.3 is 38.6 Å². The molecule has 8 aliphatic carbocycles. The summed E-state index contributed by atoms with van der Waals surface area (Å²) in [5, 5.41) is 25.7. The van der Waals surface area contributed by atoms with Gasteiger partial charge >= 0.3 is 12.3 Å². The number of carbonyl (C=O) groups is 2. The first-order valence-electron chi connectivity index (χ1n) is 25.6. The normalized spacial score (nSPS) is 41.6. The Hall–Kier alpha value is -4.10. The molecule has 6 saturated carbocycles. The van der Waals surface area contributed by atoms with Crippen LogP contribution in [0.25, 0.3) is 0 Å². The Kier molecular flexibility index (Phi) is 8.83. The molecule has 14 rings (SSSR count). The number of hydrogen-bond acceptors (Lipinski definition) is 12. The van der Waals surface area contributed by atoms with E-state index in [1.54, 1.807) is 0 Å². The van der Waals surface area contributed by atoms with Crippen molar-refractivity contribution in [3.8, 4) is 23.0 Å². The SMILES string of the molecule is C=C1CC[C@@]2(O)[C@@H]3C(CC4Cc5ccc(OC(=O)OCC6CCC(COC(=O)Oc7ccc8c9c7O[C@H]7C(=C)CC[C@@]%10(O)[C@@H](C8)N(CC8CC8)CC[C@]97%10)CC6)c6c5[C@@]2(C4)[C@H]1O6)N3CC1CC1. The minimum absolute atomic E-state index is 0.0393. The molecule has 12 nitrogen and oxygen atoms in total. The molecule has 2 N–H and O–H groups in total. The summed E-state index contributed by atoms with van der Waals surface area (Å²) in [6.07, 6.45) is 13.5. The van der Waals surface area contributed by atoms with Gasteiger partial charge in [0.15, 0.2) is 23.0 Å². The number of fused-ring (bicyclic) bond motifs is 3. The number of aliphatic hydroxyl groups is 2. The fraction of sp³-hybridized carbons (Fsp3) is 0.667. The predicted octanol–water partition coefficient (Wildman–Crippen LogP) is 7.85. The zero-order valence-corrected chi connectivity index (χ0v) is 38.1. The number of benzene rings is 2. The summed E-state index contributed by atoms with van der Waals surface area (Å²) in [5.74, 6) is 4.14. The topological polar surface area (TPSA) is 136 Å². The van der Waals surface area contributed by atoms with Crippen LogP contribution in [0.3, 0.4) is 0 Å². The highest BCUT2D eigenvalue weighted by Crippen LogP contribution is 2.70. The van der Waals surface area contributed by atoms with Crippen molar-refractivity contribution in [1.82, 2.24) is 9.80 Å². The van der Waals surface area contributed by atoms with Crippen molar-refractivity contribution in [1.29, 1.82) is 0 Å². The van der Waals surface area contributed by atoms with E-state index in [1.165, 1.54) is 36.8 Å². The lowest BCUT2D eigenvalue weighted by molar-refractivity contribution is -0.174. The number of piperidine rings is 1. The standard InChI is InChI=1S/C54H64N2O10/c1-29-15-17-53(59)41-23-37-12-14-39(44-42(37)51(53,47(29)65-44)19-20-55(41)25-31-3-4-31)63-49(57)61-27-33-7-9-34(10-8-33)28-62-50(58)64-40-13-11-36-21-35-22-38-46(56(38)26-32-5-6-32)54(60)18-16-30(2)48-52(54,24-35)43(36)45(40)66-48/h11-14,31-35,38,41,46-48,59-60H,1-10,15-28H2/t33?,34?,35?,38?,41-,46+,47+,48+,51+,52+,53-,54-,56?/m1/s1. The van der Waals surface area contributed by atoms with E-state index in [-0.39, 0.29) is 49.3 Å². The van der Waals surface area contributed by atoms with Crippen molar-refractivity contribution in [2.75, 3.05) is 32.8 Å². The van der Waals surface area contributed by atoms with Gasteiger partial charge in [0.2, 0.25) is 0 Å². The molecule has 0 radical (unpaired) electrons. The van der Waals surface area contributed by atoms with Gasteiger partial charge in [-0.1, -0.05) is 25.3 Å². The number of likely N-dealkylation sites (tertiary alicyclic amines) is 2. The summed E-state index contributed by atoms with van der Waals surface area (Å²) < 4.78 is 36.9. The van der Waals surface area contributed by atoms with Crippen LogP contribution in [0.5, 0.6) is 23.0 Å². The molecule has 4 heterocycles. The van der Waals surface area contributed by atoms with Crippen LogP contribution >= 0.6 is 0 Å². The molecular weight excluding hydrogens is 837 g/mol. The second-order valence-corrected chi connectivity index (χ2v) is 23.2. The molecule has 12 aliphatic rings. The first-order valence-corrected chi connectivity index (χ1v) is 25.6. The van der Waals surface area contributed by atoms with Crippen LogP contribution < -0.4 is 18.9 Å². The van der Waals surface area contributed by atoms with Crippen molar-refractivity contribution < 1.29 is 48.2 Å². The van der Waals surface area contributed by atoms with E-state index >= 15 is 0 Å². The van der Waals surface area contributed by atoms with Crippen LogP contribution in [0.1, 0.15) is 119 Å². The monoisotopic (exact) mass is 900 g/mol. The average Bonchev–Trinajstić information content (AvgIpc) is 4.27. The maximum Gasteiger partial charge on any atom is 0.513 e. The van der Waals surface area contributed by atoms with Crippen LogP contribution in [0, 0.1) is 29.6 Å². The molecule has 2 spiro atoms. The highest BCUT2D eigenvalue weighted by Gasteiger charge is 2.77. The quantitative estimate of drug-likeness (QED) is 0.104. The smallest absolute Gasteiger partial charge is 0.481 e. The lowest BCUT2D eigenvalue weighted by atomic mass is 9.48. The second-order valence-electron chi connectivity index (χ2n) is 23.2. The van der Waals surface area contributed by atoms with Gasteiger partial charge in [-0.15, -0.1) is 0 Å². The maximum absolute atomic E-state index is 13.4. The van der Waals surface area contributed by atoms with Gasteiger partial charge in [-0.05, 0) is 180 Å². The van der Waals surface area contributed by atoms with E-state index in [1.807, 2.05) is 12.1 Å². The molecule has 3 unspecified atom stereocenters. The first kappa shape index (κ1) is 40.9. The minimum atomic E-state index is -0.929. The Labute approximate surface area is 386 Å². The fourth-order valence-corrected chi connectivity index (χ4v) is 16.2. The van der Waals surface area contributed by atoms with Gasteiger partial charge in [-0.3, -0.25) is 9.80 Å². The molecule has 2 saturated heterocycles. The molecule has 2 aromatic rings. The molecule has 2 aromatic carbocycles. The minimum Gasteiger partial charge on any atom is -0.481 e. The van der Waals surface area contributed by atoms with Gasteiger partial charge in [0.1, 0.15) is 12.2 Å². The summed E-state index contributed by atoms with van der Waals surface area (Å²) in [6, 6.07) is 8.43. The van der Waals surface area contributed by atoms with Gasteiger partial charge in [0.25, 0.3) is 0 Å². The molecule has 8 fully saturated rings. The Morgan fingerprint density at radius 2 is 1.23 bits per heavy atom. The molecular formula is C54H64N2O10. The number of hydrogen-bond donors (Lipinski definition) is 2.